The van der Waals surface area contributed by atoms with Gasteiger partial charge < -0.3 is 15.2 Å². The molecule has 0 saturated carbocycles. The maximum atomic E-state index is 8.70. The largest absolute Gasteiger partial charge is 0.394 e. The Bertz CT molecular complexity index is 662. The number of aryl methyl sites for hydroxylation is 1. The average molecular weight is 342 g/mol. The standard InChI is InChI=1S/C15H20ClN3O2S/c1-9-2-3-10-11(8-9)22-14-12(10)13(18-15(16)19-14)17-4-6-21-7-5-20/h9,20H,2-8H2,1H3,(H,17,18,19). The number of aromatic nitrogens is 2. The van der Waals surface area contributed by atoms with Gasteiger partial charge in [-0.25, -0.2) is 9.97 Å². The van der Waals surface area contributed by atoms with Crippen LogP contribution >= 0.6 is 22.9 Å². The Kier molecular flexibility index (Phi) is 5.13. The summed E-state index contributed by atoms with van der Waals surface area (Å²) in [5.74, 6) is 1.53. The molecule has 0 amide bonds. The molecule has 120 valence electrons. The lowest BCUT2D eigenvalue weighted by atomic mass is 9.89. The SMILES string of the molecule is CC1CCc2c(sc3nc(Cl)nc(NCCOCCO)c23)C1. The molecular formula is C15H20ClN3O2S. The zero-order chi connectivity index (χ0) is 15.5. The summed E-state index contributed by atoms with van der Waals surface area (Å²) in [5, 5.41) is 13.4. The van der Waals surface area contributed by atoms with Gasteiger partial charge in [-0.2, -0.15) is 0 Å². The number of hydrogen-bond acceptors (Lipinski definition) is 6. The highest BCUT2D eigenvalue weighted by atomic mass is 35.5. The van der Waals surface area contributed by atoms with Gasteiger partial charge in [0, 0.05) is 11.4 Å². The zero-order valence-corrected chi connectivity index (χ0v) is 14.1. The fourth-order valence-corrected chi connectivity index (χ4v) is 4.45. The van der Waals surface area contributed by atoms with Gasteiger partial charge in [-0.05, 0) is 42.3 Å². The fraction of sp³-hybridized carbons (Fsp3) is 0.600. The molecule has 0 fully saturated rings. The van der Waals surface area contributed by atoms with Crippen molar-refractivity contribution in [2.75, 3.05) is 31.7 Å². The van der Waals surface area contributed by atoms with Crippen molar-refractivity contribution in [2.24, 2.45) is 5.92 Å². The first kappa shape index (κ1) is 15.9. The number of anilines is 1. The van der Waals surface area contributed by atoms with E-state index in [1.165, 1.54) is 16.9 Å². The molecular weight excluding hydrogens is 322 g/mol. The third-order valence-corrected chi connectivity index (χ3v) is 5.22. The molecule has 2 aromatic heterocycles. The van der Waals surface area contributed by atoms with Gasteiger partial charge in [0.15, 0.2) is 0 Å². The first-order valence-corrected chi connectivity index (χ1v) is 8.78. The molecule has 0 aromatic carbocycles. The van der Waals surface area contributed by atoms with Crippen LogP contribution in [0.3, 0.4) is 0 Å². The van der Waals surface area contributed by atoms with Crippen LogP contribution < -0.4 is 5.32 Å². The van der Waals surface area contributed by atoms with E-state index in [1.54, 1.807) is 11.3 Å². The molecule has 0 bridgehead atoms. The summed E-state index contributed by atoms with van der Waals surface area (Å²) in [6.45, 7) is 3.84. The van der Waals surface area contributed by atoms with Crippen LogP contribution in [0.15, 0.2) is 0 Å². The van der Waals surface area contributed by atoms with Gasteiger partial charge in [-0.15, -0.1) is 11.3 Å². The first-order valence-electron chi connectivity index (χ1n) is 7.59. The number of aliphatic hydroxyl groups is 1. The Morgan fingerprint density at radius 1 is 1.41 bits per heavy atom. The first-order chi connectivity index (χ1) is 10.7. The molecule has 1 aliphatic carbocycles. The Morgan fingerprint density at radius 2 is 2.27 bits per heavy atom. The van der Waals surface area contributed by atoms with Crippen LogP contribution in [-0.2, 0) is 17.6 Å². The summed E-state index contributed by atoms with van der Waals surface area (Å²) >= 11 is 7.80. The lowest BCUT2D eigenvalue weighted by molar-refractivity contribution is 0.0992. The summed E-state index contributed by atoms with van der Waals surface area (Å²) in [5.41, 5.74) is 1.38. The van der Waals surface area contributed by atoms with Crippen LogP contribution in [0.25, 0.3) is 10.2 Å². The molecule has 0 aliphatic heterocycles. The highest BCUT2D eigenvalue weighted by Crippen LogP contribution is 2.40. The highest BCUT2D eigenvalue weighted by Gasteiger charge is 2.23. The Balaban J connectivity index is 1.85. The summed E-state index contributed by atoms with van der Waals surface area (Å²) in [4.78, 5) is 11.1. The van der Waals surface area contributed by atoms with E-state index in [9.17, 15) is 0 Å². The Labute approximate surface area is 138 Å². The van der Waals surface area contributed by atoms with E-state index in [1.807, 2.05) is 0 Å². The summed E-state index contributed by atoms with van der Waals surface area (Å²) in [6, 6.07) is 0. The predicted octanol–water partition coefficient (Wildman–Crippen LogP) is 2.89. The zero-order valence-electron chi connectivity index (χ0n) is 12.6. The molecule has 3 rings (SSSR count). The molecule has 22 heavy (non-hydrogen) atoms. The monoisotopic (exact) mass is 341 g/mol. The van der Waals surface area contributed by atoms with Gasteiger partial charge in [0.05, 0.1) is 25.2 Å². The summed E-state index contributed by atoms with van der Waals surface area (Å²) in [7, 11) is 0. The number of aliphatic hydroxyl groups excluding tert-OH is 1. The minimum atomic E-state index is 0.0415. The molecule has 0 radical (unpaired) electrons. The van der Waals surface area contributed by atoms with Gasteiger partial charge in [0.2, 0.25) is 5.28 Å². The van der Waals surface area contributed by atoms with Crippen LogP contribution in [0.4, 0.5) is 5.82 Å². The van der Waals surface area contributed by atoms with Crippen molar-refractivity contribution in [2.45, 2.75) is 26.2 Å². The van der Waals surface area contributed by atoms with E-state index in [0.717, 1.165) is 34.8 Å². The molecule has 7 heteroatoms. The molecule has 1 unspecified atom stereocenters. The Hall–Kier alpha value is -0.950. The van der Waals surface area contributed by atoms with Gasteiger partial charge in [-0.3, -0.25) is 0 Å². The van der Waals surface area contributed by atoms with E-state index in [4.69, 9.17) is 21.4 Å². The summed E-state index contributed by atoms with van der Waals surface area (Å²) < 4.78 is 5.27. The molecule has 0 spiro atoms. The minimum Gasteiger partial charge on any atom is -0.394 e. The number of ether oxygens (including phenoxy) is 1. The van der Waals surface area contributed by atoms with Crippen molar-refractivity contribution in [3.63, 3.8) is 0 Å². The molecule has 2 N–H and O–H groups in total. The van der Waals surface area contributed by atoms with Crippen LogP contribution in [-0.4, -0.2) is 41.4 Å². The normalized spacial score (nSPS) is 17.7. The number of hydrogen-bond donors (Lipinski definition) is 2. The van der Waals surface area contributed by atoms with Crippen LogP contribution in [0, 0.1) is 5.92 Å². The van der Waals surface area contributed by atoms with Gasteiger partial charge in [0.25, 0.3) is 0 Å². The molecule has 1 atom stereocenters. The maximum absolute atomic E-state index is 8.70. The van der Waals surface area contributed by atoms with Crippen molar-refractivity contribution in [3.8, 4) is 0 Å². The van der Waals surface area contributed by atoms with Crippen LogP contribution in [0.2, 0.25) is 5.28 Å². The van der Waals surface area contributed by atoms with E-state index >= 15 is 0 Å². The number of nitrogens with one attached hydrogen (secondary N) is 1. The number of halogens is 1. The quantitative estimate of drug-likeness (QED) is 0.624. The lowest BCUT2D eigenvalue weighted by Gasteiger charge is -2.18. The number of thiophene rings is 1. The average Bonchev–Trinajstić information content (AvgIpc) is 2.83. The minimum absolute atomic E-state index is 0.0415. The van der Waals surface area contributed by atoms with Gasteiger partial charge >= 0.3 is 0 Å². The second-order valence-corrected chi connectivity index (χ2v) is 7.06. The van der Waals surface area contributed by atoms with E-state index in [0.29, 0.717) is 19.8 Å². The van der Waals surface area contributed by atoms with Crippen molar-refractivity contribution in [3.05, 3.63) is 15.7 Å². The molecule has 5 nitrogen and oxygen atoms in total. The lowest BCUT2D eigenvalue weighted by Crippen LogP contribution is -2.13. The second-order valence-electron chi connectivity index (χ2n) is 5.64. The molecule has 1 aliphatic rings. The molecule has 2 aromatic rings. The Morgan fingerprint density at radius 3 is 3.09 bits per heavy atom. The molecule has 2 heterocycles. The van der Waals surface area contributed by atoms with Gasteiger partial charge in [0.1, 0.15) is 10.6 Å². The van der Waals surface area contributed by atoms with Crippen molar-refractivity contribution >= 4 is 39.0 Å². The highest BCUT2D eigenvalue weighted by molar-refractivity contribution is 7.19. The van der Waals surface area contributed by atoms with Crippen molar-refractivity contribution in [1.29, 1.82) is 0 Å². The van der Waals surface area contributed by atoms with E-state index < -0.39 is 0 Å². The topological polar surface area (TPSA) is 67.3 Å². The van der Waals surface area contributed by atoms with E-state index in [-0.39, 0.29) is 11.9 Å². The molecule has 0 saturated heterocycles. The van der Waals surface area contributed by atoms with Crippen molar-refractivity contribution < 1.29 is 9.84 Å². The third kappa shape index (κ3) is 3.35. The van der Waals surface area contributed by atoms with Crippen molar-refractivity contribution in [1.82, 2.24) is 9.97 Å². The number of fused-ring (bicyclic) bond motifs is 3. The number of nitrogens with zero attached hydrogens (tertiary/aromatic N) is 2. The van der Waals surface area contributed by atoms with E-state index in [2.05, 4.69) is 22.2 Å². The summed E-state index contributed by atoms with van der Waals surface area (Å²) in [6.07, 6.45) is 3.41. The number of rotatable bonds is 6. The van der Waals surface area contributed by atoms with Gasteiger partial charge in [-0.1, -0.05) is 6.92 Å². The predicted molar refractivity (Wildman–Crippen MR) is 90.0 cm³/mol. The van der Waals surface area contributed by atoms with Crippen LogP contribution in [0.1, 0.15) is 23.8 Å². The third-order valence-electron chi connectivity index (χ3n) is 3.90. The fourth-order valence-electron chi connectivity index (χ4n) is 2.85. The maximum Gasteiger partial charge on any atom is 0.225 e. The smallest absolute Gasteiger partial charge is 0.225 e. The van der Waals surface area contributed by atoms with Crippen LogP contribution in [0.5, 0.6) is 0 Å². The second kappa shape index (κ2) is 7.08.